The lowest BCUT2D eigenvalue weighted by molar-refractivity contribution is -0.253. The number of aliphatic hydroxyl groups excluding tert-OH is 1. The third kappa shape index (κ3) is 8.15. The van der Waals surface area contributed by atoms with E-state index in [1.54, 1.807) is 0 Å². The average molecular weight is 544 g/mol. The predicted octanol–water partition coefficient (Wildman–Crippen LogP) is 6.31. The highest BCUT2D eigenvalue weighted by atomic mass is 16.7. The quantitative estimate of drug-likeness (QED) is 0.310. The summed E-state index contributed by atoms with van der Waals surface area (Å²) in [5.74, 6) is 0. The molecule has 2 saturated heterocycles. The molecule has 40 heavy (non-hydrogen) atoms. The third-order valence-electron chi connectivity index (χ3n) is 7.74. The second-order valence-electron chi connectivity index (χ2n) is 10.8. The van der Waals surface area contributed by atoms with Crippen LogP contribution in [0.25, 0.3) is 0 Å². The van der Waals surface area contributed by atoms with Crippen LogP contribution in [-0.2, 0) is 22.6 Å². The van der Waals surface area contributed by atoms with Gasteiger partial charge in [0, 0.05) is 30.8 Å². The van der Waals surface area contributed by atoms with Gasteiger partial charge in [0.2, 0.25) is 0 Å². The summed E-state index contributed by atoms with van der Waals surface area (Å²) in [5, 5.41) is 15.3. The number of likely N-dealkylation sites (tertiary alicyclic amines) is 1. The molecule has 7 nitrogen and oxygen atoms in total. The Hall–Kier alpha value is -3.23. The lowest BCUT2D eigenvalue weighted by Gasteiger charge is -2.39. The molecule has 3 aromatic carbocycles. The van der Waals surface area contributed by atoms with Crippen LogP contribution >= 0.6 is 0 Å². The second-order valence-corrected chi connectivity index (χ2v) is 10.8. The summed E-state index contributed by atoms with van der Waals surface area (Å²) in [4.78, 5) is 15.1. The fraction of sp³-hybridized carbons (Fsp3) is 0.424. The van der Waals surface area contributed by atoms with E-state index in [2.05, 4.69) is 15.5 Å². The molecule has 0 saturated carbocycles. The molecule has 2 fully saturated rings. The molecule has 212 valence electrons. The van der Waals surface area contributed by atoms with Gasteiger partial charge in [-0.3, -0.25) is 0 Å². The largest absolute Gasteiger partial charge is 0.392 e. The molecular weight excluding hydrogens is 502 g/mol. The number of nitrogens with one attached hydrogen (secondary N) is 2. The van der Waals surface area contributed by atoms with Crippen molar-refractivity contribution < 1.29 is 19.4 Å². The first-order chi connectivity index (χ1) is 19.7. The SMILES string of the molecule is O=C(NCc1ccccc1)Nc1cccc(C2OC(CN3CCCCCCC3)CC(c3ccc(CO)cc3)O2)c1. The number of hydrogen-bond donors (Lipinski definition) is 3. The van der Waals surface area contributed by atoms with Gasteiger partial charge in [0.25, 0.3) is 0 Å². The van der Waals surface area contributed by atoms with Crippen LogP contribution in [0.4, 0.5) is 10.5 Å². The van der Waals surface area contributed by atoms with E-state index in [0.29, 0.717) is 12.2 Å². The minimum atomic E-state index is -0.551. The molecule has 3 N–H and O–H groups in total. The van der Waals surface area contributed by atoms with Crippen molar-refractivity contribution in [1.29, 1.82) is 0 Å². The van der Waals surface area contributed by atoms with Gasteiger partial charge in [0.15, 0.2) is 6.29 Å². The molecule has 2 heterocycles. The van der Waals surface area contributed by atoms with Crippen LogP contribution in [0.2, 0.25) is 0 Å². The van der Waals surface area contributed by atoms with E-state index in [4.69, 9.17) is 9.47 Å². The zero-order chi connectivity index (χ0) is 27.6. The lowest BCUT2D eigenvalue weighted by Crippen LogP contribution is -2.40. The number of amides is 2. The molecule has 7 heteroatoms. The molecule has 2 aliphatic heterocycles. The maximum atomic E-state index is 12.6. The summed E-state index contributed by atoms with van der Waals surface area (Å²) in [6, 6.07) is 25.3. The molecule has 0 aromatic heterocycles. The van der Waals surface area contributed by atoms with Crippen molar-refractivity contribution >= 4 is 11.7 Å². The van der Waals surface area contributed by atoms with E-state index in [0.717, 1.165) is 48.3 Å². The van der Waals surface area contributed by atoms with Crippen LogP contribution in [0.3, 0.4) is 0 Å². The molecule has 0 aliphatic carbocycles. The molecule has 0 spiro atoms. The van der Waals surface area contributed by atoms with E-state index >= 15 is 0 Å². The molecule has 0 radical (unpaired) electrons. The Labute approximate surface area is 237 Å². The van der Waals surface area contributed by atoms with Gasteiger partial charge in [-0.05, 0) is 54.8 Å². The number of hydrogen-bond acceptors (Lipinski definition) is 5. The fourth-order valence-electron chi connectivity index (χ4n) is 5.53. The van der Waals surface area contributed by atoms with Crippen LogP contribution < -0.4 is 10.6 Å². The van der Waals surface area contributed by atoms with Crippen LogP contribution in [0.15, 0.2) is 78.9 Å². The number of aliphatic hydroxyl groups is 1. The first kappa shape index (κ1) is 28.3. The van der Waals surface area contributed by atoms with Crippen LogP contribution in [0.5, 0.6) is 0 Å². The van der Waals surface area contributed by atoms with Crippen molar-refractivity contribution in [1.82, 2.24) is 10.2 Å². The van der Waals surface area contributed by atoms with E-state index in [1.807, 2.05) is 78.9 Å². The Morgan fingerprint density at radius 1 is 0.825 bits per heavy atom. The zero-order valence-electron chi connectivity index (χ0n) is 23.1. The molecule has 2 amide bonds. The highest BCUT2D eigenvalue weighted by Gasteiger charge is 2.33. The molecule has 0 bridgehead atoms. The van der Waals surface area contributed by atoms with Crippen molar-refractivity contribution in [3.8, 4) is 0 Å². The number of urea groups is 1. The number of anilines is 1. The first-order valence-electron chi connectivity index (χ1n) is 14.6. The Kier molecular flexibility index (Phi) is 10.2. The predicted molar refractivity (Wildman–Crippen MR) is 157 cm³/mol. The van der Waals surface area contributed by atoms with Crippen molar-refractivity contribution in [3.05, 3.63) is 101 Å². The summed E-state index contributed by atoms with van der Waals surface area (Å²) in [6.07, 6.45) is 6.51. The summed E-state index contributed by atoms with van der Waals surface area (Å²) in [5.41, 5.74) is 4.56. The van der Waals surface area contributed by atoms with Gasteiger partial charge in [-0.25, -0.2) is 4.79 Å². The third-order valence-corrected chi connectivity index (χ3v) is 7.74. The topological polar surface area (TPSA) is 83.1 Å². The summed E-state index contributed by atoms with van der Waals surface area (Å²) < 4.78 is 13.1. The van der Waals surface area contributed by atoms with Crippen LogP contribution in [0, 0.1) is 0 Å². The molecule has 3 atom stereocenters. The van der Waals surface area contributed by atoms with Crippen molar-refractivity contribution in [2.75, 3.05) is 25.0 Å². The van der Waals surface area contributed by atoms with Gasteiger partial charge in [-0.15, -0.1) is 0 Å². The van der Waals surface area contributed by atoms with Crippen LogP contribution in [-0.4, -0.2) is 41.8 Å². The Bertz CT molecular complexity index is 1200. The smallest absolute Gasteiger partial charge is 0.319 e. The van der Waals surface area contributed by atoms with Gasteiger partial charge >= 0.3 is 6.03 Å². The molecule has 2 aliphatic rings. The number of carbonyl (C=O) groups is 1. The Balaban J connectivity index is 1.28. The minimum absolute atomic E-state index is 0.0199. The average Bonchev–Trinajstić information content (AvgIpc) is 2.98. The van der Waals surface area contributed by atoms with E-state index < -0.39 is 6.29 Å². The number of rotatable bonds is 8. The highest BCUT2D eigenvalue weighted by molar-refractivity contribution is 5.89. The monoisotopic (exact) mass is 543 g/mol. The minimum Gasteiger partial charge on any atom is -0.392 e. The van der Waals surface area contributed by atoms with E-state index in [9.17, 15) is 9.90 Å². The first-order valence-corrected chi connectivity index (χ1v) is 14.6. The normalized spacial score (nSPS) is 22.2. The van der Waals surface area contributed by atoms with Gasteiger partial charge in [0.1, 0.15) is 0 Å². The number of nitrogens with zero attached hydrogens (tertiary/aromatic N) is 1. The second kappa shape index (κ2) is 14.4. The number of ether oxygens (including phenoxy) is 2. The summed E-state index contributed by atoms with van der Waals surface area (Å²) in [6.45, 7) is 3.58. The van der Waals surface area contributed by atoms with Gasteiger partial charge in [-0.1, -0.05) is 86.0 Å². The molecular formula is C33H41N3O4. The van der Waals surface area contributed by atoms with Gasteiger partial charge in [-0.2, -0.15) is 0 Å². The van der Waals surface area contributed by atoms with E-state index in [1.165, 1.54) is 32.1 Å². The standard InChI is InChI=1S/C33H41N3O4/c37-24-26-14-16-27(17-15-26)31-21-30(23-36-18-7-2-1-3-8-19-36)39-32(40-31)28-12-9-13-29(20-28)35-33(38)34-22-25-10-5-4-6-11-25/h4-6,9-17,20,30-32,37H,1-3,7-8,18-19,21-24H2,(H2,34,35,38). The maximum Gasteiger partial charge on any atom is 0.319 e. The fourth-order valence-corrected chi connectivity index (χ4v) is 5.53. The van der Waals surface area contributed by atoms with Gasteiger partial charge < -0.3 is 30.1 Å². The Morgan fingerprint density at radius 3 is 2.33 bits per heavy atom. The Morgan fingerprint density at radius 2 is 1.57 bits per heavy atom. The summed E-state index contributed by atoms with van der Waals surface area (Å²) >= 11 is 0. The summed E-state index contributed by atoms with van der Waals surface area (Å²) in [7, 11) is 0. The molecule has 5 rings (SSSR count). The van der Waals surface area contributed by atoms with Crippen LogP contribution in [0.1, 0.15) is 73.2 Å². The number of carbonyl (C=O) groups excluding carboxylic acids is 1. The van der Waals surface area contributed by atoms with Crippen molar-refractivity contribution in [2.45, 2.75) is 70.2 Å². The lowest BCUT2D eigenvalue weighted by atomic mass is 9.99. The molecule has 3 unspecified atom stereocenters. The zero-order valence-corrected chi connectivity index (χ0v) is 23.1. The van der Waals surface area contributed by atoms with E-state index in [-0.39, 0.29) is 24.8 Å². The maximum absolute atomic E-state index is 12.6. The number of benzene rings is 3. The van der Waals surface area contributed by atoms with Crippen molar-refractivity contribution in [2.24, 2.45) is 0 Å². The van der Waals surface area contributed by atoms with Crippen molar-refractivity contribution in [3.63, 3.8) is 0 Å². The molecule has 3 aromatic rings. The van der Waals surface area contributed by atoms with Gasteiger partial charge in [0.05, 0.1) is 18.8 Å². The highest BCUT2D eigenvalue weighted by Crippen LogP contribution is 2.38.